The fourth-order valence-electron chi connectivity index (χ4n) is 2.27. The smallest absolute Gasteiger partial charge is 0.256 e. The maximum Gasteiger partial charge on any atom is 0.256 e. The lowest BCUT2D eigenvalue weighted by atomic mass is 10.1. The van der Waals surface area contributed by atoms with E-state index in [4.69, 9.17) is 0 Å². The van der Waals surface area contributed by atoms with Crippen LogP contribution in [0.15, 0.2) is 42.6 Å². The molecule has 0 radical (unpaired) electrons. The lowest BCUT2D eigenvalue weighted by molar-refractivity contribution is 0.102. The minimum Gasteiger partial charge on any atom is -0.306 e. The van der Waals surface area contributed by atoms with Crippen LogP contribution in [0.3, 0.4) is 0 Å². The molecule has 114 valence electrons. The van der Waals surface area contributed by atoms with Gasteiger partial charge in [0.25, 0.3) is 5.91 Å². The van der Waals surface area contributed by atoms with Gasteiger partial charge in [-0.2, -0.15) is 0 Å². The van der Waals surface area contributed by atoms with Gasteiger partial charge in [0, 0.05) is 11.8 Å². The van der Waals surface area contributed by atoms with Gasteiger partial charge in [-0.15, -0.1) is 23.5 Å². The van der Waals surface area contributed by atoms with Gasteiger partial charge in [-0.1, -0.05) is 18.2 Å². The van der Waals surface area contributed by atoms with Gasteiger partial charge in [-0.3, -0.25) is 4.79 Å². The third-order valence-corrected chi connectivity index (χ3v) is 6.53. The molecule has 3 rings (SSSR count). The van der Waals surface area contributed by atoms with Crippen molar-refractivity contribution < 1.29 is 4.79 Å². The largest absolute Gasteiger partial charge is 0.306 e. The van der Waals surface area contributed by atoms with E-state index in [1.165, 1.54) is 23.5 Å². The van der Waals surface area contributed by atoms with Crippen molar-refractivity contribution in [2.24, 2.45) is 0 Å². The second kappa shape index (κ2) is 7.20. The number of carbonyl (C=O) groups is 1. The Bertz CT molecular complexity index is 652. The number of aromatic nitrogens is 1. The van der Waals surface area contributed by atoms with E-state index in [2.05, 4.69) is 22.4 Å². The molecule has 1 N–H and O–H groups in total. The number of nitrogens with one attached hydrogen (secondary N) is 1. The minimum absolute atomic E-state index is 0.114. The number of thioether (sulfide) groups is 2. The van der Waals surface area contributed by atoms with Crippen molar-refractivity contribution in [1.29, 1.82) is 0 Å². The van der Waals surface area contributed by atoms with Crippen LogP contribution in [0, 0.1) is 6.92 Å². The van der Waals surface area contributed by atoms with E-state index >= 15 is 0 Å². The minimum atomic E-state index is -0.114. The van der Waals surface area contributed by atoms with Gasteiger partial charge in [-0.05, 0) is 54.2 Å². The molecule has 0 spiro atoms. The summed E-state index contributed by atoms with van der Waals surface area (Å²) >= 11 is 3.98. The van der Waals surface area contributed by atoms with Crippen molar-refractivity contribution in [3.05, 3.63) is 59.3 Å². The van der Waals surface area contributed by atoms with E-state index in [9.17, 15) is 4.79 Å². The Labute approximate surface area is 139 Å². The highest BCUT2D eigenvalue weighted by Gasteiger charge is 2.17. The van der Waals surface area contributed by atoms with E-state index < -0.39 is 0 Å². The molecule has 1 amide bonds. The number of amides is 1. The molecular formula is C17H18N2OS2. The van der Waals surface area contributed by atoms with Gasteiger partial charge >= 0.3 is 0 Å². The molecule has 1 aromatic carbocycles. The first kappa shape index (κ1) is 15.4. The summed E-state index contributed by atoms with van der Waals surface area (Å²) in [7, 11) is 0. The second-order valence-corrected chi connectivity index (χ2v) is 7.90. The topological polar surface area (TPSA) is 42.0 Å². The molecule has 1 aliphatic rings. The molecule has 3 nitrogen and oxygen atoms in total. The summed E-state index contributed by atoms with van der Waals surface area (Å²) in [6.07, 6.45) is 2.97. The van der Waals surface area contributed by atoms with Crippen molar-refractivity contribution in [2.45, 2.75) is 17.9 Å². The lowest BCUT2D eigenvalue weighted by Crippen LogP contribution is -2.14. The molecule has 1 saturated heterocycles. The Morgan fingerprint density at radius 3 is 2.59 bits per heavy atom. The Kier molecular flexibility index (Phi) is 5.05. The summed E-state index contributed by atoms with van der Waals surface area (Å²) in [6.45, 7) is 1.93. The summed E-state index contributed by atoms with van der Waals surface area (Å²) in [6, 6.07) is 11.7. The summed E-state index contributed by atoms with van der Waals surface area (Å²) < 4.78 is 0.504. The fourth-order valence-corrected chi connectivity index (χ4v) is 5.16. The van der Waals surface area contributed by atoms with E-state index in [0.717, 1.165) is 5.56 Å². The zero-order valence-corrected chi connectivity index (χ0v) is 14.0. The molecule has 22 heavy (non-hydrogen) atoms. The molecule has 0 aliphatic carbocycles. The van der Waals surface area contributed by atoms with E-state index in [0.29, 0.717) is 16.0 Å². The van der Waals surface area contributed by atoms with Gasteiger partial charge in [-0.25, -0.2) is 4.98 Å². The third kappa shape index (κ3) is 3.65. The number of rotatable bonds is 3. The van der Waals surface area contributed by atoms with Crippen LogP contribution in [0.5, 0.6) is 0 Å². The van der Waals surface area contributed by atoms with Crippen LogP contribution in [0.4, 0.5) is 5.82 Å². The quantitative estimate of drug-likeness (QED) is 0.899. The lowest BCUT2D eigenvalue weighted by Gasteiger charge is -2.21. The second-order valence-electron chi connectivity index (χ2n) is 5.17. The van der Waals surface area contributed by atoms with Crippen molar-refractivity contribution in [3.8, 4) is 0 Å². The van der Waals surface area contributed by atoms with Crippen LogP contribution < -0.4 is 5.32 Å². The number of hydrogen-bond donors (Lipinski definition) is 1. The van der Waals surface area contributed by atoms with Crippen molar-refractivity contribution >= 4 is 35.2 Å². The van der Waals surface area contributed by atoms with Crippen LogP contribution in [-0.4, -0.2) is 22.4 Å². The number of anilines is 1. The Hall–Kier alpha value is -1.46. The fraction of sp³-hybridized carbons (Fsp3) is 0.294. The zero-order chi connectivity index (χ0) is 15.4. The normalized spacial score (nSPS) is 15.5. The number of nitrogens with zero attached hydrogens (tertiary/aromatic N) is 1. The highest BCUT2D eigenvalue weighted by molar-refractivity contribution is 8.16. The maximum atomic E-state index is 12.3. The average Bonchev–Trinajstić information content (AvgIpc) is 2.58. The van der Waals surface area contributed by atoms with Gasteiger partial charge in [0.2, 0.25) is 0 Å². The number of benzene rings is 1. The molecule has 1 fully saturated rings. The van der Waals surface area contributed by atoms with Gasteiger partial charge < -0.3 is 5.32 Å². The maximum absolute atomic E-state index is 12.3. The first-order chi connectivity index (χ1) is 10.7. The summed E-state index contributed by atoms with van der Waals surface area (Å²) in [5, 5.41) is 2.87. The summed E-state index contributed by atoms with van der Waals surface area (Å²) in [5.74, 6) is 2.95. The molecule has 2 aromatic rings. The summed E-state index contributed by atoms with van der Waals surface area (Å²) in [4.78, 5) is 16.5. The average molecular weight is 330 g/mol. The van der Waals surface area contributed by atoms with E-state index in [1.54, 1.807) is 6.20 Å². The van der Waals surface area contributed by atoms with Crippen molar-refractivity contribution in [1.82, 2.24) is 4.98 Å². The molecule has 0 atom stereocenters. The van der Waals surface area contributed by atoms with Crippen LogP contribution in [0.1, 0.15) is 32.5 Å². The van der Waals surface area contributed by atoms with Crippen LogP contribution in [-0.2, 0) is 0 Å². The van der Waals surface area contributed by atoms with Crippen LogP contribution in [0.2, 0.25) is 0 Å². The molecule has 5 heteroatoms. The molecule has 2 heterocycles. The molecule has 1 aromatic heterocycles. The molecular weight excluding hydrogens is 312 g/mol. The standard InChI is InChI=1S/C17H18N2OS2/c1-12-4-2-9-18-15(12)19-16(20)13-5-7-14(8-6-13)17-21-10-3-11-22-17/h2,4-9,17H,3,10-11H2,1H3,(H,18,19,20). The van der Waals surface area contributed by atoms with Crippen LogP contribution >= 0.6 is 23.5 Å². The highest BCUT2D eigenvalue weighted by Crippen LogP contribution is 2.43. The third-order valence-electron chi connectivity index (χ3n) is 3.51. The van der Waals surface area contributed by atoms with E-state index in [-0.39, 0.29) is 5.91 Å². The number of carbonyl (C=O) groups excluding carboxylic acids is 1. The molecule has 0 unspecified atom stereocenters. The number of pyridine rings is 1. The zero-order valence-electron chi connectivity index (χ0n) is 12.4. The summed E-state index contributed by atoms with van der Waals surface area (Å²) in [5.41, 5.74) is 2.92. The molecule has 1 aliphatic heterocycles. The molecule has 0 bridgehead atoms. The number of hydrogen-bond acceptors (Lipinski definition) is 4. The van der Waals surface area contributed by atoms with Gasteiger partial charge in [0.15, 0.2) is 0 Å². The first-order valence-electron chi connectivity index (χ1n) is 7.30. The first-order valence-corrected chi connectivity index (χ1v) is 9.40. The van der Waals surface area contributed by atoms with Crippen molar-refractivity contribution in [2.75, 3.05) is 16.8 Å². The van der Waals surface area contributed by atoms with Crippen molar-refractivity contribution in [3.63, 3.8) is 0 Å². The number of aryl methyl sites for hydroxylation is 1. The van der Waals surface area contributed by atoms with E-state index in [1.807, 2.05) is 54.7 Å². The predicted octanol–water partition coefficient (Wildman–Crippen LogP) is 4.51. The highest BCUT2D eigenvalue weighted by atomic mass is 32.2. The van der Waals surface area contributed by atoms with Gasteiger partial charge in [0.1, 0.15) is 5.82 Å². The molecule has 0 saturated carbocycles. The predicted molar refractivity (Wildman–Crippen MR) is 95.6 cm³/mol. The Balaban J connectivity index is 1.69. The Morgan fingerprint density at radius 2 is 1.91 bits per heavy atom. The monoisotopic (exact) mass is 330 g/mol. The van der Waals surface area contributed by atoms with Gasteiger partial charge in [0.05, 0.1) is 4.58 Å². The van der Waals surface area contributed by atoms with Crippen LogP contribution in [0.25, 0.3) is 0 Å². The SMILES string of the molecule is Cc1cccnc1NC(=O)c1ccc(C2SCCCS2)cc1. The Morgan fingerprint density at radius 1 is 1.18 bits per heavy atom.